The Morgan fingerprint density at radius 3 is 2.50 bits per heavy atom. The molecule has 3 heteroatoms. The van der Waals surface area contributed by atoms with Gasteiger partial charge in [-0.2, -0.15) is 0 Å². The van der Waals surface area contributed by atoms with Crippen LogP contribution < -0.4 is 5.32 Å². The Bertz CT molecular complexity index is 357. The van der Waals surface area contributed by atoms with Crippen molar-refractivity contribution in [2.24, 2.45) is 5.92 Å². The predicted octanol–water partition coefficient (Wildman–Crippen LogP) is 3.44. The van der Waals surface area contributed by atoms with E-state index in [2.05, 4.69) is 64.4 Å². The van der Waals surface area contributed by atoms with E-state index in [1.165, 1.54) is 38.0 Å². The maximum atomic E-state index is 3.49. The van der Waals surface area contributed by atoms with E-state index >= 15 is 0 Å². The highest BCUT2D eigenvalue weighted by atomic mass is 79.9. The summed E-state index contributed by atoms with van der Waals surface area (Å²) in [5.74, 6) is 0.856. The number of piperidine rings is 1. The van der Waals surface area contributed by atoms with Crippen LogP contribution in [-0.2, 0) is 0 Å². The molecular weight excluding hydrogens is 288 g/mol. The third-order valence-electron chi connectivity index (χ3n) is 4.02. The second kappa shape index (κ2) is 6.69. The van der Waals surface area contributed by atoms with E-state index in [1.54, 1.807) is 0 Å². The van der Waals surface area contributed by atoms with Gasteiger partial charge in [0.15, 0.2) is 0 Å². The summed E-state index contributed by atoms with van der Waals surface area (Å²) >= 11 is 3.49. The highest BCUT2D eigenvalue weighted by molar-refractivity contribution is 9.10. The van der Waals surface area contributed by atoms with Crippen LogP contribution in [0.5, 0.6) is 0 Å². The van der Waals surface area contributed by atoms with Gasteiger partial charge in [-0.3, -0.25) is 4.90 Å². The van der Waals surface area contributed by atoms with Crippen LogP contribution in [0, 0.1) is 5.92 Å². The van der Waals surface area contributed by atoms with Crippen molar-refractivity contribution in [3.63, 3.8) is 0 Å². The van der Waals surface area contributed by atoms with Gasteiger partial charge in [0.25, 0.3) is 0 Å². The summed E-state index contributed by atoms with van der Waals surface area (Å²) in [5.41, 5.74) is 1.40. The monoisotopic (exact) mass is 310 g/mol. The zero-order valence-corrected chi connectivity index (χ0v) is 12.9. The average Bonchev–Trinajstić information content (AvgIpc) is 2.40. The number of halogens is 1. The number of rotatable bonds is 4. The quantitative estimate of drug-likeness (QED) is 0.916. The average molecular weight is 311 g/mol. The lowest BCUT2D eigenvalue weighted by Gasteiger charge is -2.31. The van der Waals surface area contributed by atoms with E-state index in [-0.39, 0.29) is 0 Å². The lowest BCUT2D eigenvalue weighted by Crippen LogP contribution is -2.35. The Kier molecular flexibility index (Phi) is 5.22. The number of hydrogen-bond acceptors (Lipinski definition) is 2. The van der Waals surface area contributed by atoms with Crippen molar-refractivity contribution in [2.45, 2.75) is 25.8 Å². The van der Waals surface area contributed by atoms with Gasteiger partial charge in [-0.05, 0) is 63.5 Å². The second-order valence-corrected chi connectivity index (χ2v) is 6.28. The molecule has 0 aromatic heterocycles. The van der Waals surface area contributed by atoms with Crippen LogP contribution in [0.25, 0.3) is 0 Å². The van der Waals surface area contributed by atoms with Crippen molar-refractivity contribution in [3.05, 3.63) is 34.3 Å². The van der Waals surface area contributed by atoms with E-state index < -0.39 is 0 Å². The fourth-order valence-corrected chi connectivity index (χ4v) is 2.89. The molecule has 0 aliphatic carbocycles. The molecule has 2 rings (SSSR count). The molecule has 1 aliphatic rings. The number of benzene rings is 1. The molecule has 1 aliphatic heterocycles. The molecule has 1 atom stereocenters. The van der Waals surface area contributed by atoms with Crippen molar-refractivity contribution < 1.29 is 0 Å². The van der Waals surface area contributed by atoms with E-state index in [1.807, 2.05) is 0 Å². The molecule has 0 spiro atoms. The standard InChI is InChI=1S/C15H23BrN2/c1-12(14-3-5-15(16)6-4-14)18(2)11-13-7-9-17-10-8-13/h3-6,12-13,17H,7-11H2,1-2H3. The topological polar surface area (TPSA) is 15.3 Å². The van der Waals surface area contributed by atoms with Crippen LogP contribution in [0.15, 0.2) is 28.7 Å². The van der Waals surface area contributed by atoms with Gasteiger partial charge < -0.3 is 5.32 Å². The molecule has 0 bridgehead atoms. The third kappa shape index (κ3) is 3.81. The summed E-state index contributed by atoms with van der Waals surface area (Å²) in [4.78, 5) is 2.49. The molecule has 1 saturated heterocycles. The molecule has 1 N–H and O–H groups in total. The molecule has 100 valence electrons. The molecule has 1 fully saturated rings. The Morgan fingerprint density at radius 2 is 1.89 bits per heavy atom. The first-order valence-corrected chi connectivity index (χ1v) is 7.62. The zero-order chi connectivity index (χ0) is 13.0. The molecular formula is C15H23BrN2. The smallest absolute Gasteiger partial charge is 0.0316 e. The van der Waals surface area contributed by atoms with Crippen molar-refractivity contribution in [1.82, 2.24) is 10.2 Å². The van der Waals surface area contributed by atoms with Gasteiger partial charge in [0.05, 0.1) is 0 Å². The molecule has 0 saturated carbocycles. The third-order valence-corrected chi connectivity index (χ3v) is 4.55. The van der Waals surface area contributed by atoms with Crippen LogP contribution in [0.2, 0.25) is 0 Å². The maximum Gasteiger partial charge on any atom is 0.0316 e. The molecule has 1 aromatic carbocycles. The number of hydrogen-bond donors (Lipinski definition) is 1. The highest BCUT2D eigenvalue weighted by Crippen LogP contribution is 2.23. The van der Waals surface area contributed by atoms with Crippen molar-refractivity contribution >= 4 is 15.9 Å². The summed E-state index contributed by atoms with van der Waals surface area (Å²) in [6, 6.07) is 9.18. The minimum atomic E-state index is 0.494. The van der Waals surface area contributed by atoms with Gasteiger partial charge in [-0.25, -0.2) is 0 Å². The van der Waals surface area contributed by atoms with Crippen LogP contribution in [0.4, 0.5) is 0 Å². The largest absolute Gasteiger partial charge is 0.317 e. The minimum Gasteiger partial charge on any atom is -0.317 e. The Labute approximate surface area is 119 Å². The van der Waals surface area contributed by atoms with E-state index in [9.17, 15) is 0 Å². The van der Waals surface area contributed by atoms with Gasteiger partial charge in [0.2, 0.25) is 0 Å². The van der Waals surface area contributed by atoms with Crippen LogP contribution in [0.1, 0.15) is 31.4 Å². The summed E-state index contributed by atoms with van der Waals surface area (Å²) in [7, 11) is 2.24. The van der Waals surface area contributed by atoms with Crippen LogP contribution in [0.3, 0.4) is 0 Å². The fraction of sp³-hybridized carbons (Fsp3) is 0.600. The molecule has 18 heavy (non-hydrogen) atoms. The number of nitrogens with zero attached hydrogens (tertiary/aromatic N) is 1. The minimum absolute atomic E-state index is 0.494. The molecule has 2 nitrogen and oxygen atoms in total. The Morgan fingerprint density at radius 1 is 1.28 bits per heavy atom. The van der Waals surface area contributed by atoms with Crippen LogP contribution in [-0.4, -0.2) is 31.6 Å². The molecule has 1 unspecified atom stereocenters. The molecule has 0 amide bonds. The normalized spacial score (nSPS) is 19.1. The lowest BCUT2D eigenvalue weighted by molar-refractivity contribution is 0.196. The van der Waals surface area contributed by atoms with E-state index in [0.29, 0.717) is 6.04 Å². The Balaban J connectivity index is 1.91. The lowest BCUT2D eigenvalue weighted by atomic mass is 9.96. The first-order chi connectivity index (χ1) is 8.66. The van der Waals surface area contributed by atoms with E-state index in [4.69, 9.17) is 0 Å². The van der Waals surface area contributed by atoms with Gasteiger partial charge in [-0.1, -0.05) is 28.1 Å². The summed E-state index contributed by atoms with van der Waals surface area (Å²) in [5, 5.41) is 3.43. The van der Waals surface area contributed by atoms with Crippen LogP contribution >= 0.6 is 15.9 Å². The highest BCUT2D eigenvalue weighted by Gasteiger charge is 2.18. The maximum absolute atomic E-state index is 3.49. The zero-order valence-electron chi connectivity index (χ0n) is 11.3. The van der Waals surface area contributed by atoms with Gasteiger partial charge in [0, 0.05) is 17.1 Å². The summed E-state index contributed by atoms with van der Waals surface area (Å²) in [6.45, 7) is 5.87. The van der Waals surface area contributed by atoms with Gasteiger partial charge in [-0.15, -0.1) is 0 Å². The SMILES string of the molecule is CC(c1ccc(Br)cc1)N(C)CC1CCNCC1. The van der Waals surface area contributed by atoms with Gasteiger partial charge in [0.1, 0.15) is 0 Å². The van der Waals surface area contributed by atoms with Crippen molar-refractivity contribution in [2.75, 3.05) is 26.7 Å². The number of nitrogens with one attached hydrogen (secondary N) is 1. The van der Waals surface area contributed by atoms with Crippen molar-refractivity contribution in [3.8, 4) is 0 Å². The first-order valence-electron chi connectivity index (χ1n) is 6.83. The van der Waals surface area contributed by atoms with E-state index in [0.717, 1.165) is 10.4 Å². The predicted molar refractivity (Wildman–Crippen MR) is 80.8 cm³/mol. The molecule has 1 heterocycles. The summed E-state index contributed by atoms with van der Waals surface area (Å²) < 4.78 is 1.15. The van der Waals surface area contributed by atoms with Gasteiger partial charge >= 0.3 is 0 Å². The first kappa shape index (κ1) is 14.0. The Hall–Kier alpha value is -0.380. The molecule has 0 radical (unpaired) electrons. The second-order valence-electron chi connectivity index (χ2n) is 5.36. The molecule has 1 aromatic rings. The van der Waals surface area contributed by atoms with Crippen molar-refractivity contribution in [1.29, 1.82) is 0 Å². The fourth-order valence-electron chi connectivity index (χ4n) is 2.63. The summed E-state index contributed by atoms with van der Waals surface area (Å²) in [6.07, 6.45) is 2.63.